The molecule has 2 N–H and O–H groups in total. The predicted molar refractivity (Wildman–Crippen MR) is 93.2 cm³/mol. The van der Waals surface area contributed by atoms with Crippen molar-refractivity contribution in [2.24, 2.45) is 0 Å². The van der Waals surface area contributed by atoms with Crippen molar-refractivity contribution in [1.29, 1.82) is 0 Å². The highest BCUT2D eigenvalue weighted by Crippen LogP contribution is 2.22. The number of anilines is 1. The predicted octanol–water partition coefficient (Wildman–Crippen LogP) is 2.81. The monoisotopic (exact) mass is 344 g/mol. The van der Waals surface area contributed by atoms with E-state index in [-0.39, 0.29) is 6.54 Å². The number of ether oxygens (including phenoxy) is 3. The van der Waals surface area contributed by atoms with E-state index in [1.807, 2.05) is 0 Å². The molecule has 0 aliphatic carbocycles. The van der Waals surface area contributed by atoms with Gasteiger partial charge in [-0.1, -0.05) is 6.07 Å². The number of benzene rings is 2. The molecule has 2 rings (SSSR count). The van der Waals surface area contributed by atoms with Gasteiger partial charge in [0.05, 0.1) is 26.9 Å². The Kier molecular flexibility index (Phi) is 6.22. The minimum atomic E-state index is -0.465. The number of hydrogen-bond donors (Lipinski definition) is 2. The maximum atomic E-state index is 12.0. The zero-order valence-corrected chi connectivity index (χ0v) is 14.3. The molecule has 0 heterocycles. The molecule has 2 aromatic rings. The highest BCUT2D eigenvalue weighted by molar-refractivity contribution is 5.93. The standard InChI is InChI=1S/C18H20N2O5/c1-23-15-7-12(8-16(10-15)24-2)11-19-18(22)20-14-6-4-5-13(9-14)17(21)25-3/h4-10H,11H2,1-3H3,(H2,19,20,22). The molecule has 7 nitrogen and oxygen atoms in total. The largest absolute Gasteiger partial charge is 0.497 e. The van der Waals surface area contributed by atoms with E-state index in [0.29, 0.717) is 22.7 Å². The Balaban J connectivity index is 1.98. The number of esters is 1. The van der Waals surface area contributed by atoms with Gasteiger partial charge in [-0.25, -0.2) is 9.59 Å². The number of urea groups is 1. The van der Waals surface area contributed by atoms with Crippen LogP contribution in [-0.4, -0.2) is 33.3 Å². The summed E-state index contributed by atoms with van der Waals surface area (Å²) in [4.78, 5) is 23.6. The molecular formula is C18H20N2O5. The number of hydrogen-bond acceptors (Lipinski definition) is 5. The zero-order valence-electron chi connectivity index (χ0n) is 14.3. The lowest BCUT2D eigenvalue weighted by molar-refractivity contribution is 0.0600. The van der Waals surface area contributed by atoms with Crippen molar-refractivity contribution >= 4 is 17.7 Å². The van der Waals surface area contributed by atoms with Crippen molar-refractivity contribution in [3.05, 3.63) is 53.6 Å². The van der Waals surface area contributed by atoms with Gasteiger partial charge in [0.25, 0.3) is 0 Å². The molecular weight excluding hydrogens is 324 g/mol. The Hall–Kier alpha value is -3.22. The average Bonchev–Trinajstić information content (AvgIpc) is 2.65. The van der Waals surface area contributed by atoms with E-state index in [1.165, 1.54) is 7.11 Å². The first kappa shape index (κ1) is 18.1. The summed E-state index contributed by atoms with van der Waals surface area (Å²) in [6, 6.07) is 11.5. The fraction of sp³-hybridized carbons (Fsp3) is 0.222. The van der Waals surface area contributed by atoms with Gasteiger partial charge in [0, 0.05) is 18.3 Å². The molecule has 0 radical (unpaired) electrons. The lowest BCUT2D eigenvalue weighted by atomic mass is 10.2. The highest BCUT2D eigenvalue weighted by atomic mass is 16.5. The molecule has 2 aromatic carbocycles. The fourth-order valence-corrected chi connectivity index (χ4v) is 2.17. The molecule has 0 atom stereocenters. The second-order valence-corrected chi connectivity index (χ2v) is 5.10. The summed E-state index contributed by atoms with van der Waals surface area (Å²) < 4.78 is 15.0. The van der Waals surface area contributed by atoms with E-state index >= 15 is 0 Å². The van der Waals surface area contributed by atoms with Crippen LogP contribution in [0.25, 0.3) is 0 Å². The van der Waals surface area contributed by atoms with Crippen LogP contribution >= 0.6 is 0 Å². The van der Waals surface area contributed by atoms with Crippen LogP contribution in [0.1, 0.15) is 15.9 Å². The molecule has 0 unspecified atom stereocenters. The summed E-state index contributed by atoms with van der Waals surface area (Å²) in [5.41, 5.74) is 1.68. The van der Waals surface area contributed by atoms with E-state index in [1.54, 1.807) is 56.7 Å². The molecule has 25 heavy (non-hydrogen) atoms. The molecule has 0 bridgehead atoms. The molecule has 0 aliphatic heterocycles. The normalized spacial score (nSPS) is 9.88. The van der Waals surface area contributed by atoms with E-state index in [2.05, 4.69) is 15.4 Å². The van der Waals surface area contributed by atoms with Crippen LogP contribution in [0.15, 0.2) is 42.5 Å². The Morgan fingerprint density at radius 1 is 0.960 bits per heavy atom. The van der Waals surface area contributed by atoms with E-state index < -0.39 is 12.0 Å². The third kappa shape index (κ3) is 5.13. The van der Waals surface area contributed by atoms with Crippen LogP contribution in [0.5, 0.6) is 11.5 Å². The first-order valence-corrected chi connectivity index (χ1v) is 7.51. The van der Waals surface area contributed by atoms with Gasteiger partial charge in [-0.15, -0.1) is 0 Å². The number of methoxy groups -OCH3 is 3. The SMILES string of the molecule is COC(=O)c1cccc(NC(=O)NCc2cc(OC)cc(OC)c2)c1. The van der Waals surface area contributed by atoms with E-state index in [9.17, 15) is 9.59 Å². The lowest BCUT2D eigenvalue weighted by Gasteiger charge is -2.11. The Labute approximate surface area is 145 Å². The summed E-state index contributed by atoms with van der Waals surface area (Å²) >= 11 is 0. The third-order valence-electron chi connectivity index (χ3n) is 3.41. The van der Waals surface area contributed by atoms with Crippen LogP contribution in [0.4, 0.5) is 10.5 Å². The fourth-order valence-electron chi connectivity index (χ4n) is 2.17. The average molecular weight is 344 g/mol. The molecule has 0 fully saturated rings. The van der Waals surface area contributed by atoms with Crippen molar-refractivity contribution in [3.8, 4) is 11.5 Å². The van der Waals surface area contributed by atoms with Gasteiger partial charge in [-0.3, -0.25) is 0 Å². The topological polar surface area (TPSA) is 85.9 Å². The molecule has 0 aromatic heterocycles. The molecule has 0 saturated heterocycles. The van der Waals surface area contributed by atoms with Gasteiger partial charge in [-0.05, 0) is 35.9 Å². The summed E-state index contributed by atoms with van der Waals surface area (Å²) in [5, 5.41) is 5.40. The second-order valence-electron chi connectivity index (χ2n) is 5.10. The van der Waals surface area contributed by atoms with Crippen molar-refractivity contribution in [1.82, 2.24) is 5.32 Å². The van der Waals surface area contributed by atoms with Gasteiger partial charge in [0.15, 0.2) is 0 Å². The summed E-state index contributed by atoms with van der Waals surface area (Å²) in [6.45, 7) is 0.288. The summed E-state index contributed by atoms with van der Waals surface area (Å²) in [6.07, 6.45) is 0. The van der Waals surface area contributed by atoms with Crippen molar-refractivity contribution in [3.63, 3.8) is 0 Å². The van der Waals surface area contributed by atoms with Gasteiger partial charge in [0.2, 0.25) is 0 Å². The number of carbonyl (C=O) groups is 2. The lowest BCUT2D eigenvalue weighted by Crippen LogP contribution is -2.28. The Bertz CT molecular complexity index is 739. The maximum absolute atomic E-state index is 12.0. The minimum absolute atomic E-state index is 0.288. The quantitative estimate of drug-likeness (QED) is 0.787. The maximum Gasteiger partial charge on any atom is 0.337 e. The van der Waals surface area contributed by atoms with Gasteiger partial charge >= 0.3 is 12.0 Å². The van der Waals surface area contributed by atoms with E-state index in [0.717, 1.165) is 5.56 Å². The first-order valence-electron chi connectivity index (χ1n) is 7.51. The molecule has 0 saturated carbocycles. The third-order valence-corrected chi connectivity index (χ3v) is 3.41. The number of carbonyl (C=O) groups excluding carboxylic acids is 2. The smallest absolute Gasteiger partial charge is 0.337 e. The highest BCUT2D eigenvalue weighted by Gasteiger charge is 2.08. The van der Waals surface area contributed by atoms with Gasteiger partial charge < -0.3 is 24.8 Å². The number of nitrogens with one attached hydrogen (secondary N) is 2. The first-order chi connectivity index (χ1) is 12.0. The van der Waals surface area contributed by atoms with Gasteiger partial charge in [0.1, 0.15) is 11.5 Å². The molecule has 7 heteroatoms. The van der Waals surface area contributed by atoms with Crippen molar-refractivity contribution < 1.29 is 23.8 Å². The minimum Gasteiger partial charge on any atom is -0.497 e. The summed E-state index contributed by atoms with van der Waals surface area (Å²) in [5.74, 6) is 0.817. The van der Waals surface area contributed by atoms with Crippen LogP contribution < -0.4 is 20.1 Å². The zero-order chi connectivity index (χ0) is 18.2. The van der Waals surface area contributed by atoms with E-state index in [4.69, 9.17) is 9.47 Å². The number of rotatable bonds is 6. The molecule has 2 amide bonds. The van der Waals surface area contributed by atoms with Crippen LogP contribution in [-0.2, 0) is 11.3 Å². The second kappa shape index (κ2) is 8.58. The van der Waals surface area contributed by atoms with Crippen LogP contribution in [0, 0.1) is 0 Å². The molecule has 0 aliphatic rings. The summed E-state index contributed by atoms with van der Waals surface area (Å²) in [7, 11) is 4.43. The Morgan fingerprint density at radius 2 is 1.64 bits per heavy atom. The van der Waals surface area contributed by atoms with Gasteiger partial charge in [-0.2, -0.15) is 0 Å². The van der Waals surface area contributed by atoms with Crippen LogP contribution in [0.3, 0.4) is 0 Å². The van der Waals surface area contributed by atoms with Crippen LogP contribution in [0.2, 0.25) is 0 Å². The van der Waals surface area contributed by atoms with Crippen molar-refractivity contribution in [2.75, 3.05) is 26.6 Å². The molecule has 132 valence electrons. The molecule has 0 spiro atoms. The number of amides is 2. The Morgan fingerprint density at radius 3 is 2.24 bits per heavy atom. The van der Waals surface area contributed by atoms with Crippen molar-refractivity contribution in [2.45, 2.75) is 6.54 Å².